The van der Waals surface area contributed by atoms with E-state index in [0.29, 0.717) is 6.54 Å². The van der Waals surface area contributed by atoms with E-state index in [9.17, 15) is 0 Å². The normalized spacial score (nSPS) is 11.3. The van der Waals surface area contributed by atoms with E-state index < -0.39 is 0 Å². The zero-order valence-corrected chi connectivity index (χ0v) is 11.1. The first-order chi connectivity index (χ1) is 9.26. The van der Waals surface area contributed by atoms with E-state index in [0.717, 1.165) is 18.7 Å². The second-order valence-corrected chi connectivity index (χ2v) is 4.86. The van der Waals surface area contributed by atoms with E-state index in [1.807, 2.05) is 17.9 Å². The Bertz CT molecular complexity index is 693. The SMILES string of the molecule is Cn1ccc(Cn2ccc3cc(CCN)ccc32)n1. The van der Waals surface area contributed by atoms with Crippen LogP contribution in [-0.4, -0.2) is 20.9 Å². The van der Waals surface area contributed by atoms with Gasteiger partial charge in [0.2, 0.25) is 0 Å². The molecule has 4 heteroatoms. The number of aryl methyl sites for hydroxylation is 1. The van der Waals surface area contributed by atoms with E-state index in [2.05, 4.69) is 46.2 Å². The number of rotatable bonds is 4. The van der Waals surface area contributed by atoms with Crippen molar-refractivity contribution >= 4 is 10.9 Å². The molecule has 0 aliphatic carbocycles. The summed E-state index contributed by atoms with van der Waals surface area (Å²) in [5, 5.41) is 5.68. The molecule has 0 aliphatic rings. The number of nitrogens with two attached hydrogens (primary N) is 1. The summed E-state index contributed by atoms with van der Waals surface area (Å²) < 4.78 is 4.06. The highest BCUT2D eigenvalue weighted by atomic mass is 15.3. The van der Waals surface area contributed by atoms with Gasteiger partial charge in [-0.2, -0.15) is 5.10 Å². The molecule has 98 valence electrons. The Morgan fingerprint density at radius 3 is 2.79 bits per heavy atom. The number of benzene rings is 1. The molecule has 0 unspecified atom stereocenters. The minimum absolute atomic E-state index is 0.695. The van der Waals surface area contributed by atoms with Gasteiger partial charge in [0.1, 0.15) is 0 Å². The summed E-state index contributed by atoms with van der Waals surface area (Å²) >= 11 is 0. The average Bonchev–Trinajstić information content (AvgIpc) is 2.97. The monoisotopic (exact) mass is 254 g/mol. The lowest BCUT2D eigenvalue weighted by molar-refractivity contribution is 0.716. The maximum Gasteiger partial charge on any atom is 0.0821 e. The zero-order chi connectivity index (χ0) is 13.2. The summed E-state index contributed by atoms with van der Waals surface area (Å²) in [5.41, 5.74) is 9.21. The van der Waals surface area contributed by atoms with Gasteiger partial charge in [-0.25, -0.2) is 0 Å². The number of nitrogens with zero attached hydrogens (tertiary/aromatic N) is 3. The lowest BCUT2D eigenvalue weighted by Gasteiger charge is -2.04. The number of hydrogen-bond acceptors (Lipinski definition) is 2. The largest absolute Gasteiger partial charge is 0.341 e. The van der Waals surface area contributed by atoms with Crippen molar-refractivity contribution in [3.63, 3.8) is 0 Å². The van der Waals surface area contributed by atoms with Crippen molar-refractivity contribution in [2.24, 2.45) is 12.8 Å². The molecular formula is C15H18N4. The molecule has 0 spiro atoms. The molecule has 3 rings (SSSR count). The first-order valence-electron chi connectivity index (χ1n) is 6.52. The molecule has 0 fully saturated rings. The summed E-state index contributed by atoms with van der Waals surface area (Å²) in [6.45, 7) is 1.50. The van der Waals surface area contributed by atoms with Gasteiger partial charge in [0, 0.05) is 25.0 Å². The number of aromatic nitrogens is 3. The third-order valence-corrected chi connectivity index (χ3v) is 3.37. The van der Waals surface area contributed by atoms with Gasteiger partial charge in [-0.1, -0.05) is 6.07 Å². The fraction of sp³-hybridized carbons (Fsp3) is 0.267. The summed E-state index contributed by atoms with van der Waals surface area (Å²) in [6.07, 6.45) is 5.02. The third-order valence-electron chi connectivity index (χ3n) is 3.37. The molecule has 0 aliphatic heterocycles. The van der Waals surface area contributed by atoms with Crippen molar-refractivity contribution in [3.8, 4) is 0 Å². The lowest BCUT2D eigenvalue weighted by Crippen LogP contribution is -2.03. The van der Waals surface area contributed by atoms with Crippen LogP contribution in [0.15, 0.2) is 42.7 Å². The third kappa shape index (κ3) is 2.39. The Hall–Kier alpha value is -2.07. The molecule has 2 heterocycles. The molecule has 2 N–H and O–H groups in total. The van der Waals surface area contributed by atoms with Crippen LogP contribution in [0.4, 0.5) is 0 Å². The molecule has 3 aromatic rings. The second kappa shape index (κ2) is 4.90. The van der Waals surface area contributed by atoms with Gasteiger partial charge >= 0.3 is 0 Å². The van der Waals surface area contributed by atoms with Crippen LogP contribution in [0.25, 0.3) is 10.9 Å². The maximum atomic E-state index is 5.60. The van der Waals surface area contributed by atoms with E-state index in [1.54, 1.807) is 0 Å². The predicted octanol–water partition coefficient (Wildman–Crippen LogP) is 1.92. The Kier molecular flexibility index (Phi) is 3.09. The molecule has 19 heavy (non-hydrogen) atoms. The summed E-state index contributed by atoms with van der Waals surface area (Å²) in [5.74, 6) is 0. The molecule has 0 bridgehead atoms. The molecular weight excluding hydrogens is 236 g/mol. The van der Waals surface area contributed by atoms with Crippen LogP contribution >= 0.6 is 0 Å². The van der Waals surface area contributed by atoms with Gasteiger partial charge in [0.25, 0.3) is 0 Å². The molecule has 0 radical (unpaired) electrons. The lowest BCUT2D eigenvalue weighted by atomic mass is 10.1. The van der Waals surface area contributed by atoms with Crippen LogP contribution < -0.4 is 5.73 Å². The summed E-state index contributed by atoms with van der Waals surface area (Å²) in [6, 6.07) is 10.7. The highest BCUT2D eigenvalue weighted by Crippen LogP contribution is 2.19. The minimum atomic E-state index is 0.695. The standard InChI is InChI=1S/C15H18N4/c1-18-8-6-14(17-18)11-19-9-5-13-10-12(4-7-16)2-3-15(13)19/h2-3,5-6,8-10H,4,7,11,16H2,1H3. The zero-order valence-electron chi connectivity index (χ0n) is 11.1. The Morgan fingerprint density at radius 1 is 1.16 bits per heavy atom. The number of fused-ring (bicyclic) bond motifs is 1. The van der Waals surface area contributed by atoms with Crippen LogP contribution in [-0.2, 0) is 20.0 Å². The van der Waals surface area contributed by atoms with Crippen molar-refractivity contribution in [2.75, 3.05) is 6.54 Å². The van der Waals surface area contributed by atoms with E-state index in [4.69, 9.17) is 5.73 Å². The highest BCUT2D eigenvalue weighted by molar-refractivity contribution is 5.81. The fourth-order valence-electron chi connectivity index (χ4n) is 2.43. The van der Waals surface area contributed by atoms with Gasteiger partial charge in [-0.3, -0.25) is 4.68 Å². The van der Waals surface area contributed by atoms with Crippen molar-refractivity contribution < 1.29 is 0 Å². The van der Waals surface area contributed by atoms with Crippen molar-refractivity contribution in [2.45, 2.75) is 13.0 Å². The first kappa shape index (κ1) is 12.0. The minimum Gasteiger partial charge on any atom is -0.341 e. The number of hydrogen-bond donors (Lipinski definition) is 1. The molecule has 0 saturated carbocycles. The smallest absolute Gasteiger partial charge is 0.0821 e. The van der Waals surface area contributed by atoms with Gasteiger partial charge in [-0.05, 0) is 48.2 Å². The van der Waals surface area contributed by atoms with Crippen molar-refractivity contribution in [1.29, 1.82) is 0 Å². The fourth-order valence-corrected chi connectivity index (χ4v) is 2.43. The van der Waals surface area contributed by atoms with Gasteiger partial charge < -0.3 is 10.3 Å². The quantitative estimate of drug-likeness (QED) is 0.773. The van der Waals surface area contributed by atoms with E-state index in [-0.39, 0.29) is 0 Å². The molecule has 0 saturated heterocycles. The highest BCUT2D eigenvalue weighted by Gasteiger charge is 2.04. The van der Waals surface area contributed by atoms with Crippen LogP contribution in [0.2, 0.25) is 0 Å². The Morgan fingerprint density at radius 2 is 2.05 bits per heavy atom. The first-order valence-corrected chi connectivity index (χ1v) is 6.52. The molecule has 2 aromatic heterocycles. The van der Waals surface area contributed by atoms with E-state index in [1.165, 1.54) is 16.5 Å². The second-order valence-electron chi connectivity index (χ2n) is 4.86. The van der Waals surface area contributed by atoms with E-state index >= 15 is 0 Å². The van der Waals surface area contributed by atoms with Crippen molar-refractivity contribution in [1.82, 2.24) is 14.3 Å². The van der Waals surface area contributed by atoms with Crippen LogP contribution in [0.5, 0.6) is 0 Å². The van der Waals surface area contributed by atoms with Crippen molar-refractivity contribution in [3.05, 3.63) is 54.0 Å². The summed E-state index contributed by atoms with van der Waals surface area (Å²) in [4.78, 5) is 0. The maximum absolute atomic E-state index is 5.60. The van der Waals surface area contributed by atoms with Crippen LogP contribution in [0.3, 0.4) is 0 Å². The molecule has 0 atom stereocenters. The Balaban J connectivity index is 1.92. The molecule has 1 aromatic carbocycles. The molecule has 0 amide bonds. The van der Waals surface area contributed by atoms with Gasteiger partial charge in [0.05, 0.1) is 12.2 Å². The predicted molar refractivity (Wildman–Crippen MR) is 77.0 cm³/mol. The summed E-state index contributed by atoms with van der Waals surface area (Å²) in [7, 11) is 1.94. The van der Waals surface area contributed by atoms with Crippen LogP contribution in [0.1, 0.15) is 11.3 Å². The Labute approximate surface area is 112 Å². The topological polar surface area (TPSA) is 48.8 Å². The molecule has 4 nitrogen and oxygen atoms in total. The average molecular weight is 254 g/mol. The van der Waals surface area contributed by atoms with Gasteiger partial charge in [-0.15, -0.1) is 0 Å². The van der Waals surface area contributed by atoms with Crippen LogP contribution in [0, 0.1) is 0 Å². The van der Waals surface area contributed by atoms with Gasteiger partial charge in [0.15, 0.2) is 0 Å².